The Morgan fingerprint density at radius 1 is 1.33 bits per heavy atom. The number of aromatic nitrogens is 2. The van der Waals surface area contributed by atoms with Gasteiger partial charge in [-0.1, -0.05) is 13.8 Å². The van der Waals surface area contributed by atoms with Crippen LogP contribution in [0.1, 0.15) is 56.8 Å². The SMILES string of the molecule is CC(C)c1cnc(C2CC(C)(O)C2)nc1. The van der Waals surface area contributed by atoms with Gasteiger partial charge in [-0.25, -0.2) is 9.97 Å². The van der Waals surface area contributed by atoms with Gasteiger partial charge in [0.15, 0.2) is 0 Å². The minimum Gasteiger partial charge on any atom is -0.390 e. The van der Waals surface area contributed by atoms with E-state index in [1.165, 1.54) is 5.56 Å². The maximum atomic E-state index is 9.63. The Labute approximate surface area is 90.6 Å². The molecular weight excluding hydrogens is 188 g/mol. The van der Waals surface area contributed by atoms with Gasteiger partial charge in [0, 0.05) is 18.3 Å². The minimum atomic E-state index is -0.495. The first-order valence-corrected chi connectivity index (χ1v) is 5.52. The molecule has 1 saturated carbocycles. The summed E-state index contributed by atoms with van der Waals surface area (Å²) in [6, 6.07) is 0. The molecule has 1 fully saturated rings. The highest BCUT2D eigenvalue weighted by Crippen LogP contribution is 2.42. The van der Waals surface area contributed by atoms with Crippen molar-refractivity contribution in [2.75, 3.05) is 0 Å². The fraction of sp³-hybridized carbons (Fsp3) is 0.667. The average molecular weight is 206 g/mol. The van der Waals surface area contributed by atoms with Crippen LogP contribution in [0.25, 0.3) is 0 Å². The van der Waals surface area contributed by atoms with E-state index in [4.69, 9.17) is 0 Å². The van der Waals surface area contributed by atoms with Gasteiger partial charge in [-0.05, 0) is 31.2 Å². The summed E-state index contributed by atoms with van der Waals surface area (Å²) in [6.45, 7) is 6.13. The summed E-state index contributed by atoms with van der Waals surface area (Å²) >= 11 is 0. The maximum absolute atomic E-state index is 9.63. The minimum absolute atomic E-state index is 0.348. The van der Waals surface area contributed by atoms with Crippen LogP contribution >= 0.6 is 0 Å². The first kappa shape index (κ1) is 10.6. The number of hydrogen-bond acceptors (Lipinski definition) is 3. The molecule has 3 nitrogen and oxygen atoms in total. The molecule has 15 heavy (non-hydrogen) atoms. The third kappa shape index (κ3) is 2.17. The molecule has 82 valence electrons. The molecule has 0 saturated heterocycles. The summed E-state index contributed by atoms with van der Waals surface area (Å²) in [4.78, 5) is 8.73. The Balaban J connectivity index is 2.06. The second kappa shape index (κ2) is 3.56. The first-order chi connectivity index (χ1) is 6.98. The molecule has 0 spiro atoms. The predicted molar refractivity (Wildman–Crippen MR) is 58.7 cm³/mol. The molecule has 0 aromatic carbocycles. The van der Waals surface area contributed by atoms with Crippen LogP contribution in [-0.2, 0) is 0 Å². The van der Waals surface area contributed by atoms with Gasteiger partial charge in [0.05, 0.1) is 5.60 Å². The van der Waals surface area contributed by atoms with Crippen molar-refractivity contribution >= 4 is 0 Å². The molecule has 0 aliphatic heterocycles. The number of hydrogen-bond donors (Lipinski definition) is 1. The zero-order valence-electron chi connectivity index (χ0n) is 9.57. The van der Waals surface area contributed by atoms with Gasteiger partial charge >= 0.3 is 0 Å². The Morgan fingerprint density at radius 3 is 2.27 bits per heavy atom. The molecule has 1 aromatic rings. The van der Waals surface area contributed by atoms with Gasteiger partial charge in [-0.15, -0.1) is 0 Å². The van der Waals surface area contributed by atoms with Crippen LogP contribution in [0.4, 0.5) is 0 Å². The molecule has 1 aromatic heterocycles. The van der Waals surface area contributed by atoms with Crippen molar-refractivity contribution < 1.29 is 5.11 Å². The van der Waals surface area contributed by atoms with Crippen LogP contribution < -0.4 is 0 Å². The fourth-order valence-corrected chi connectivity index (χ4v) is 2.04. The van der Waals surface area contributed by atoms with Gasteiger partial charge in [-0.3, -0.25) is 0 Å². The molecule has 0 bridgehead atoms. The highest BCUT2D eigenvalue weighted by molar-refractivity contribution is 5.14. The van der Waals surface area contributed by atoms with Crippen LogP contribution in [0.3, 0.4) is 0 Å². The Kier molecular flexibility index (Phi) is 2.51. The van der Waals surface area contributed by atoms with Crippen LogP contribution in [0.5, 0.6) is 0 Å². The van der Waals surface area contributed by atoms with Crippen LogP contribution in [0.15, 0.2) is 12.4 Å². The van der Waals surface area contributed by atoms with E-state index < -0.39 is 5.60 Å². The van der Waals surface area contributed by atoms with E-state index in [1.807, 2.05) is 19.3 Å². The van der Waals surface area contributed by atoms with Crippen molar-refractivity contribution in [1.82, 2.24) is 9.97 Å². The molecule has 1 aliphatic rings. The van der Waals surface area contributed by atoms with E-state index in [1.54, 1.807) is 0 Å². The molecule has 1 N–H and O–H groups in total. The Morgan fingerprint density at radius 2 is 1.87 bits per heavy atom. The molecule has 1 aliphatic carbocycles. The summed E-state index contributed by atoms with van der Waals surface area (Å²) in [5, 5.41) is 9.63. The third-order valence-electron chi connectivity index (χ3n) is 3.10. The smallest absolute Gasteiger partial charge is 0.131 e. The topological polar surface area (TPSA) is 46.0 Å². The number of rotatable bonds is 2. The number of aliphatic hydroxyl groups is 1. The van der Waals surface area contributed by atoms with Crippen molar-refractivity contribution in [2.45, 2.75) is 51.0 Å². The normalized spacial score (nSPS) is 30.3. The molecule has 0 unspecified atom stereocenters. The van der Waals surface area contributed by atoms with Gasteiger partial charge in [0.1, 0.15) is 5.82 Å². The van der Waals surface area contributed by atoms with Crippen molar-refractivity contribution in [3.05, 3.63) is 23.8 Å². The van der Waals surface area contributed by atoms with Crippen LogP contribution in [0, 0.1) is 0 Å². The molecule has 0 atom stereocenters. The van der Waals surface area contributed by atoms with Gasteiger partial charge in [-0.2, -0.15) is 0 Å². The molecule has 1 heterocycles. The van der Waals surface area contributed by atoms with Crippen molar-refractivity contribution in [3.8, 4) is 0 Å². The molecular formula is C12H18N2O. The standard InChI is InChI=1S/C12H18N2O/c1-8(2)10-6-13-11(14-7-10)9-4-12(3,15)5-9/h6-9,15H,4-5H2,1-3H3. The first-order valence-electron chi connectivity index (χ1n) is 5.52. The highest BCUT2D eigenvalue weighted by Gasteiger charge is 2.40. The summed E-state index contributed by atoms with van der Waals surface area (Å²) < 4.78 is 0. The largest absolute Gasteiger partial charge is 0.390 e. The highest BCUT2D eigenvalue weighted by atomic mass is 16.3. The average Bonchev–Trinajstić information content (AvgIpc) is 2.14. The summed E-state index contributed by atoms with van der Waals surface area (Å²) in [7, 11) is 0. The van der Waals surface area contributed by atoms with Crippen molar-refractivity contribution in [3.63, 3.8) is 0 Å². The maximum Gasteiger partial charge on any atom is 0.131 e. The van der Waals surface area contributed by atoms with Crippen molar-refractivity contribution in [1.29, 1.82) is 0 Å². The van der Waals surface area contributed by atoms with E-state index >= 15 is 0 Å². The van der Waals surface area contributed by atoms with Crippen LogP contribution in [0.2, 0.25) is 0 Å². The quantitative estimate of drug-likeness (QED) is 0.807. The van der Waals surface area contributed by atoms with E-state index in [9.17, 15) is 5.11 Å². The third-order valence-corrected chi connectivity index (χ3v) is 3.10. The van der Waals surface area contributed by atoms with Crippen LogP contribution in [-0.4, -0.2) is 20.7 Å². The lowest BCUT2D eigenvalue weighted by molar-refractivity contribution is -0.0334. The van der Waals surface area contributed by atoms with Crippen molar-refractivity contribution in [2.24, 2.45) is 0 Å². The Bertz CT molecular complexity index is 335. The molecule has 0 radical (unpaired) electrons. The molecule has 3 heteroatoms. The lowest BCUT2D eigenvalue weighted by Gasteiger charge is -2.39. The number of nitrogens with zero attached hydrogens (tertiary/aromatic N) is 2. The van der Waals surface area contributed by atoms with E-state index in [2.05, 4.69) is 23.8 Å². The summed E-state index contributed by atoms with van der Waals surface area (Å²) in [5.41, 5.74) is 0.676. The molecule has 2 rings (SSSR count). The van der Waals surface area contributed by atoms with Gasteiger partial charge < -0.3 is 5.11 Å². The summed E-state index contributed by atoms with van der Waals surface area (Å²) in [5.74, 6) is 1.70. The Hall–Kier alpha value is -0.960. The molecule has 0 amide bonds. The lowest BCUT2D eigenvalue weighted by Crippen LogP contribution is -2.39. The summed E-state index contributed by atoms with van der Waals surface area (Å²) in [6.07, 6.45) is 5.38. The predicted octanol–water partition coefficient (Wildman–Crippen LogP) is 2.23. The van der Waals surface area contributed by atoms with E-state index in [0.717, 1.165) is 18.7 Å². The second-order valence-electron chi connectivity index (χ2n) is 5.13. The fourth-order valence-electron chi connectivity index (χ4n) is 2.04. The second-order valence-corrected chi connectivity index (χ2v) is 5.13. The monoisotopic (exact) mass is 206 g/mol. The zero-order chi connectivity index (χ0) is 11.1. The zero-order valence-corrected chi connectivity index (χ0v) is 9.57. The lowest BCUT2D eigenvalue weighted by atomic mass is 9.72. The van der Waals surface area contributed by atoms with Gasteiger partial charge in [0.2, 0.25) is 0 Å². The van der Waals surface area contributed by atoms with E-state index in [0.29, 0.717) is 11.8 Å². The van der Waals surface area contributed by atoms with E-state index in [-0.39, 0.29) is 0 Å². The van der Waals surface area contributed by atoms with Gasteiger partial charge in [0.25, 0.3) is 0 Å².